The van der Waals surface area contributed by atoms with Gasteiger partial charge >= 0.3 is 0 Å². The third-order valence-electron chi connectivity index (χ3n) is 3.31. The summed E-state index contributed by atoms with van der Waals surface area (Å²) >= 11 is 0. The number of carbonyl (C=O) groups is 1. The number of hydrogen-bond donors (Lipinski definition) is 2. The first-order chi connectivity index (χ1) is 9.63. The molecule has 3 heteroatoms. The molecule has 0 saturated heterocycles. The molecule has 2 rings (SSSR count). The number of hydrogen-bond acceptors (Lipinski definition) is 2. The van der Waals surface area contributed by atoms with Crippen LogP contribution in [0.25, 0.3) is 0 Å². The Bertz CT molecular complexity index is 603. The van der Waals surface area contributed by atoms with Crippen LogP contribution >= 0.6 is 0 Å². The van der Waals surface area contributed by atoms with E-state index in [1.54, 1.807) is 0 Å². The van der Waals surface area contributed by atoms with Gasteiger partial charge in [0, 0.05) is 18.4 Å². The lowest BCUT2D eigenvalue weighted by molar-refractivity contribution is 0.102. The normalized spacial score (nSPS) is 10.2. The van der Waals surface area contributed by atoms with Crippen LogP contribution in [0.3, 0.4) is 0 Å². The van der Waals surface area contributed by atoms with E-state index in [4.69, 9.17) is 0 Å². The lowest BCUT2D eigenvalue weighted by atomic mass is 10.1. The van der Waals surface area contributed by atoms with Gasteiger partial charge in [0.1, 0.15) is 0 Å². The minimum absolute atomic E-state index is 0.0985. The number of amides is 1. The van der Waals surface area contributed by atoms with Crippen molar-refractivity contribution in [1.29, 1.82) is 0 Å². The van der Waals surface area contributed by atoms with Gasteiger partial charge < -0.3 is 10.6 Å². The number of anilines is 2. The maximum atomic E-state index is 12.3. The van der Waals surface area contributed by atoms with Crippen LogP contribution in [0.1, 0.15) is 28.4 Å². The van der Waals surface area contributed by atoms with E-state index in [1.165, 1.54) is 5.56 Å². The van der Waals surface area contributed by atoms with Gasteiger partial charge in [-0.2, -0.15) is 0 Å². The Kier molecular flexibility index (Phi) is 4.41. The Morgan fingerprint density at radius 1 is 1.10 bits per heavy atom. The van der Waals surface area contributed by atoms with E-state index in [0.29, 0.717) is 5.56 Å². The molecule has 0 saturated carbocycles. The fraction of sp³-hybridized carbons (Fsp3) is 0.235. The molecule has 0 bridgehead atoms. The zero-order chi connectivity index (χ0) is 14.5. The number of benzene rings is 2. The number of nitrogens with one attached hydrogen (secondary N) is 2. The summed E-state index contributed by atoms with van der Waals surface area (Å²) in [6, 6.07) is 13.7. The molecule has 0 fully saturated rings. The van der Waals surface area contributed by atoms with Crippen LogP contribution in [-0.4, -0.2) is 13.0 Å². The van der Waals surface area contributed by atoms with Crippen molar-refractivity contribution < 1.29 is 4.79 Å². The van der Waals surface area contributed by atoms with Gasteiger partial charge in [0.15, 0.2) is 0 Å². The van der Waals surface area contributed by atoms with Crippen LogP contribution in [0.5, 0.6) is 0 Å². The topological polar surface area (TPSA) is 41.1 Å². The molecule has 2 aromatic carbocycles. The molecular weight excluding hydrogens is 248 g/mol. The van der Waals surface area contributed by atoms with Crippen LogP contribution in [0.2, 0.25) is 0 Å². The Labute approximate surface area is 120 Å². The van der Waals surface area contributed by atoms with E-state index in [1.807, 2.05) is 56.4 Å². The molecule has 3 nitrogen and oxygen atoms in total. The summed E-state index contributed by atoms with van der Waals surface area (Å²) in [5.74, 6) is -0.0985. The molecule has 0 aliphatic heterocycles. The van der Waals surface area contributed by atoms with Gasteiger partial charge in [-0.05, 0) is 48.7 Å². The Balaban J connectivity index is 2.19. The van der Waals surface area contributed by atoms with Crippen molar-refractivity contribution >= 4 is 17.3 Å². The van der Waals surface area contributed by atoms with Gasteiger partial charge in [-0.15, -0.1) is 0 Å². The van der Waals surface area contributed by atoms with E-state index in [2.05, 4.69) is 17.6 Å². The highest BCUT2D eigenvalue weighted by Gasteiger charge is 2.10. The van der Waals surface area contributed by atoms with Crippen molar-refractivity contribution in [1.82, 2.24) is 0 Å². The molecule has 2 aromatic rings. The largest absolute Gasteiger partial charge is 0.387 e. The van der Waals surface area contributed by atoms with E-state index in [0.717, 1.165) is 23.4 Å². The first kappa shape index (κ1) is 14.1. The molecule has 104 valence electrons. The fourth-order valence-electron chi connectivity index (χ4n) is 2.09. The molecule has 0 aliphatic rings. The molecule has 20 heavy (non-hydrogen) atoms. The van der Waals surface area contributed by atoms with Gasteiger partial charge in [-0.3, -0.25) is 4.79 Å². The highest BCUT2D eigenvalue weighted by atomic mass is 16.1. The molecule has 0 unspecified atom stereocenters. The second-order valence-electron chi connectivity index (χ2n) is 4.80. The average molecular weight is 268 g/mol. The maximum absolute atomic E-state index is 12.3. The van der Waals surface area contributed by atoms with Gasteiger partial charge in [0.05, 0.1) is 5.56 Å². The molecule has 1 amide bonds. The molecule has 0 atom stereocenters. The first-order valence-electron chi connectivity index (χ1n) is 6.82. The second-order valence-corrected chi connectivity index (χ2v) is 4.80. The Morgan fingerprint density at radius 2 is 1.80 bits per heavy atom. The third-order valence-corrected chi connectivity index (χ3v) is 3.31. The lowest BCUT2D eigenvalue weighted by Crippen LogP contribution is -2.14. The smallest absolute Gasteiger partial charge is 0.257 e. The zero-order valence-corrected chi connectivity index (χ0v) is 12.2. The van der Waals surface area contributed by atoms with Crippen molar-refractivity contribution in [3.05, 3.63) is 59.2 Å². The minimum Gasteiger partial charge on any atom is -0.387 e. The quantitative estimate of drug-likeness (QED) is 0.884. The summed E-state index contributed by atoms with van der Waals surface area (Å²) < 4.78 is 0. The second kappa shape index (κ2) is 6.24. The molecule has 0 aromatic heterocycles. The summed E-state index contributed by atoms with van der Waals surface area (Å²) in [5.41, 5.74) is 4.69. The van der Waals surface area contributed by atoms with Crippen LogP contribution < -0.4 is 10.6 Å². The first-order valence-corrected chi connectivity index (χ1v) is 6.82. The molecular formula is C17H20N2O. The predicted molar refractivity (Wildman–Crippen MR) is 84.5 cm³/mol. The Hall–Kier alpha value is -2.29. The van der Waals surface area contributed by atoms with Gasteiger partial charge in [-0.25, -0.2) is 0 Å². The summed E-state index contributed by atoms with van der Waals surface area (Å²) in [5, 5.41) is 5.99. The number of rotatable bonds is 4. The van der Waals surface area contributed by atoms with Crippen molar-refractivity contribution in [2.45, 2.75) is 20.3 Å². The van der Waals surface area contributed by atoms with Crippen LogP contribution in [-0.2, 0) is 6.42 Å². The summed E-state index contributed by atoms with van der Waals surface area (Å²) in [6.07, 6.45) is 0.996. The SMILES string of the molecule is CCc1ccc(NC(=O)c2ccc(C)cc2NC)cc1. The highest BCUT2D eigenvalue weighted by Crippen LogP contribution is 2.19. The molecule has 0 radical (unpaired) electrons. The maximum Gasteiger partial charge on any atom is 0.257 e. The Morgan fingerprint density at radius 3 is 2.40 bits per heavy atom. The minimum atomic E-state index is -0.0985. The molecule has 2 N–H and O–H groups in total. The van der Waals surface area contributed by atoms with Crippen molar-refractivity contribution in [2.24, 2.45) is 0 Å². The average Bonchev–Trinajstić information content (AvgIpc) is 2.47. The van der Waals surface area contributed by atoms with E-state index in [-0.39, 0.29) is 5.91 Å². The molecule has 0 heterocycles. The number of aryl methyl sites for hydroxylation is 2. The summed E-state index contributed by atoms with van der Waals surface area (Å²) in [4.78, 5) is 12.3. The van der Waals surface area contributed by atoms with Gasteiger partial charge in [0.25, 0.3) is 5.91 Å². The fourth-order valence-corrected chi connectivity index (χ4v) is 2.09. The number of carbonyl (C=O) groups excluding carboxylic acids is 1. The van der Waals surface area contributed by atoms with Crippen molar-refractivity contribution in [3.63, 3.8) is 0 Å². The van der Waals surface area contributed by atoms with Crippen molar-refractivity contribution in [2.75, 3.05) is 17.7 Å². The summed E-state index contributed by atoms with van der Waals surface area (Å²) in [6.45, 7) is 4.12. The van der Waals surface area contributed by atoms with E-state index >= 15 is 0 Å². The van der Waals surface area contributed by atoms with Crippen LogP contribution in [0.4, 0.5) is 11.4 Å². The van der Waals surface area contributed by atoms with Crippen LogP contribution in [0, 0.1) is 6.92 Å². The van der Waals surface area contributed by atoms with E-state index in [9.17, 15) is 4.79 Å². The summed E-state index contributed by atoms with van der Waals surface area (Å²) in [7, 11) is 1.82. The lowest BCUT2D eigenvalue weighted by Gasteiger charge is -2.11. The van der Waals surface area contributed by atoms with Gasteiger partial charge in [-0.1, -0.05) is 25.1 Å². The van der Waals surface area contributed by atoms with E-state index < -0.39 is 0 Å². The van der Waals surface area contributed by atoms with Crippen molar-refractivity contribution in [3.8, 4) is 0 Å². The highest BCUT2D eigenvalue weighted by molar-refractivity contribution is 6.08. The predicted octanol–water partition coefficient (Wildman–Crippen LogP) is 3.85. The van der Waals surface area contributed by atoms with Gasteiger partial charge in [0.2, 0.25) is 0 Å². The van der Waals surface area contributed by atoms with Crippen LogP contribution in [0.15, 0.2) is 42.5 Å². The molecule has 0 aliphatic carbocycles. The molecule has 0 spiro atoms. The standard InChI is InChI=1S/C17H20N2O/c1-4-13-6-8-14(9-7-13)19-17(20)15-10-5-12(2)11-16(15)18-3/h5-11,18H,4H2,1-3H3,(H,19,20). The third kappa shape index (κ3) is 3.18. The zero-order valence-electron chi connectivity index (χ0n) is 12.2. The monoisotopic (exact) mass is 268 g/mol.